The summed E-state index contributed by atoms with van der Waals surface area (Å²) in [6.45, 7) is 8.66. The van der Waals surface area contributed by atoms with Gasteiger partial charge < -0.3 is 24.6 Å². The number of nitrogens with zero attached hydrogens (tertiary/aromatic N) is 2. The molecule has 6 nitrogen and oxygen atoms in total. The Kier molecular flexibility index (Phi) is 8.89. The summed E-state index contributed by atoms with van der Waals surface area (Å²) < 4.78 is 10.1. The number of rotatable bonds is 6. The number of amides is 2. The van der Waals surface area contributed by atoms with Crippen LogP contribution >= 0.6 is 12.4 Å². The van der Waals surface area contributed by atoms with Gasteiger partial charge >= 0.3 is 6.03 Å². The highest BCUT2D eigenvalue weighted by Gasteiger charge is 2.22. The van der Waals surface area contributed by atoms with E-state index in [4.69, 9.17) is 9.47 Å². The number of carbonyl (C=O) groups is 1. The van der Waals surface area contributed by atoms with Gasteiger partial charge in [-0.2, -0.15) is 0 Å². The number of benzene rings is 1. The van der Waals surface area contributed by atoms with Crippen LogP contribution in [-0.4, -0.2) is 64.2 Å². The molecular formula is C17H28ClN3O3. The first-order valence-electron chi connectivity index (χ1n) is 8.04. The van der Waals surface area contributed by atoms with Crippen LogP contribution in [0.5, 0.6) is 0 Å². The minimum absolute atomic E-state index is 0. The van der Waals surface area contributed by atoms with E-state index in [9.17, 15) is 4.79 Å². The highest BCUT2D eigenvalue weighted by atomic mass is 35.5. The first kappa shape index (κ1) is 20.5. The third-order valence-electron chi connectivity index (χ3n) is 4.24. The van der Waals surface area contributed by atoms with Gasteiger partial charge in [-0.05, 0) is 31.0 Å². The lowest BCUT2D eigenvalue weighted by Crippen LogP contribution is -2.52. The van der Waals surface area contributed by atoms with Crippen LogP contribution in [0.3, 0.4) is 0 Å². The van der Waals surface area contributed by atoms with E-state index in [0.29, 0.717) is 13.2 Å². The first-order valence-corrected chi connectivity index (χ1v) is 8.04. The molecule has 0 aliphatic carbocycles. The second-order valence-electron chi connectivity index (χ2n) is 5.72. The van der Waals surface area contributed by atoms with Gasteiger partial charge in [-0.3, -0.25) is 0 Å². The molecule has 0 aromatic heterocycles. The molecule has 0 atom stereocenters. The van der Waals surface area contributed by atoms with E-state index in [1.54, 1.807) is 7.11 Å². The number of carbonyl (C=O) groups excluding carboxylic acids is 1. The number of hydrogen-bond donors (Lipinski definition) is 1. The van der Waals surface area contributed by atoms with Crippen molar-refractivity contribution >= 4 is 24.1 Å². The number of ether oxygens (including phenoxy) is 2. The Balaban J connectivity index is 0.00000288. The van der Waals surface area contributed by atoms with Gasteiger partial charge in [0.1, 0.15) is 6.73 Å². The number of methoxy groups -OCH3 is 1. The Morgan fingerprint density at radius 1 is 1.17 bits per heavy atom. The second-order valence-corrected chi connectivity index (χ2v) is 5.72. The van der Waals surface area contributed by atoms with Crippen molar-refractivity contribution in [3.8, 4) is 0 Å². The van der Waals surface area contributed by atoms with Crippen molar-refractivity contribution < 1.29 is 14.3 Å². The Bertz CT molecular complexity index is 520. The molecule has 0 unspecified atom stereocenters. The van der Waals surface area contributed by atoms with Gasteiger partial charge in [-0.15, -0.1) is 12.4 Å². The fourth-order valence-electron chi connectivity index (χ4n) is 2.67. The molecule has 0 spiro atoms. The van der Waals surface area contributed by atoms with E-state index in [1.165, 1.54) is 16.8 Å². The number of nitrogens with one attached hydrogen (secondary N) is 1. The molecule has 24 heavy (non-hydrogen) atoms. The lowest BCUT2D eigenvalue weighted by atomic mass is 10.1. The standard InChI is InChI=1S/C17H27N3O3.ClH/c1-14-5-4-6-16(15(14)2)19-7-9-20(10-8-19)17(21)18-13-23-12-11-22-3;/h4-6H,7-13H2,1-3H3,(H,18,21);1H. The Hall–Kier alpha value is -1.50. The van der Waals surface area contributed by atoms with Gasteiger partial charge in [0, 0.05) is 39.0 Å². The number of hydrogen-bond acceptors (Lipinski definition) is 4. The summed E-state index contributed by atoms with van der Waals surface area (Å²) in [7, 11) is 1.62. The fraction of sp³-hybridized carbons (Fsp3) is 0.588. The molecule has 1 aliphatic rings. The Morgan fingerprint density at radius 3 is 2.54 bits per heavy atom. The van der Waals surface area contributed by atoms with Crippen LogP contribution < -0.4 is 10.2 Å². The molecule has 1 aromatic carbocycles. The van der Waals surface area contributed by atoms with E-state index in [0.717, 1.165) is 26.2 Å². The van der Waals surface area contributed by atoms with Gasteiger partial charge in [-0.1, -0.05) is 12.1 Å². The van der Waals surface area contributed by atoms with Gasteiger partial charge in [0.15, 0.2) is 0 Å². The Labute approximate surface area is 150 Å². The van der Waals surface area contributed by atoms with Crippen LogP contribution in [-0.2, 0) is 9.47 Å². The highest BCUT2D eigenvalue weighted by Crippen LogP contribution is 2.23. The summed E-state index contributed by atoms with van der Waals surface area (Å²) in [4.78, 5) is 16.3. The minimum Gasteiger partial charge on any atom is -0.382 e. The lowest BCUT2D eigenvalue weighted by molar-refractivity contribution is 0.0615. The number of piperazine rings is 1. The van der Waals surface area contributed by atoms with Crippen molar-refractivity contribution in [1.29, 1.82) is 0 Å². The molecular weight excluding hydrogens is 330 g/mol. The van der Waals surface area contributed by atoms with Crippen LogP contribution in [0.2, 0.25) is 0 Å². The maximum Gasteiger partial charge on any atom is 0.319 e. The number of halogens is 1. The molecule has 1 N–H and O–H groups in total. The van der Waals surface area contributed by atoms with Gasteiger partial charge in [0.2, 0.25) is 0 Å². The first-order chi connectivity index (χ1) is 11.1. The third-order valence-corrected chi connectivity index (χ3v) is 4.24. The number of urea groups is 1. The maximum absolute atomic E-state index is 12.1. The maximum atomic E-state index is 12.1. The van der Waals surface area contributed by atoms with Gasteiger partial charge in [0.25, 0.3) is 0 Å². The molecule has 1 aliphatic heterocycles. The van der Waals surface area contributed by atoms with Crippen molar-refractivity contribution in [2.75, 3.05) is 58.1 Å². The predicted molar refractivity (Wildman–Crippen MR) is 98.2 cm³/mol. The number of anilines is 1. The molecule has 136 valence electrons. The van der Waals surface area contributed by atoms with Crippen LogP contribution in [0, 0.1) is 13.8 Å². The second kappa shape index (κ2) is 10.4. The van der Waals surface area contributed by atoms with Crippen molar-refractivity contribution in [2.45, 2.75) is 13.8 Å². The van der Waals surface area contributed by atoms with E-state index in [-0.39, 0.29) is 25.2 Å². The summed E-state index contributed by atoms with van der Waals surface area (Å²) in [6.07, 6.45) is 0. The largest absolute Gasteiger partial charge is 0.382 e. The van der Waals surface area contributed by atoms with E-state index in [1.807, 2.05) is 4.90 Å². The van der Waals surface area contributed by atoms with Crippen LogP contribution in [0.4, 0.5) is 10.5 Å². The highest BCUT2D eigenvalue weighted by molar-refractivity contribution is 5.85. The molecule has 0 radical (unpaired) electrons. The zero-order valence-corrected chi connectivity index (χ0v) is 15.5. The summed E-state index contributed by atoms with van der Waals surface area (Å²) in [5.41, 5.74) is 3.89. The molecule has 7 heteroatoms. The Morgan fingerprint density at radius 2 is 1.88 bits per heavy atom. The fourth-order valence-corrected chi connectivity index (χ4v) is 2.67. The molecule has 1 heterocycles. The van der Waals surface area contributed by atoms with Crippen LogP contribution in [0.15, 0.2) is 18.2 Å². The quantitative estimate of drug-likeness (QED) is 0.626. The molecule has 2 rings (SSSR count). The zero-order valence-electron chi connectivity index (χ0n) is 14.7. The molecule has 1 fully saturated rings. The van der Waals surface area contributed by atoms with Crippen molar-refractivity contribution in [1.82, 2.24) is 10.2 Å². The van der Waals surface area contributed by atoms with Crippen LogP contribution in [0.25, 0.3) is 0 Å². The summed E-state index contributed by atoms with van der Waals surface area (Å²) in [6, 6.07) is 6.31. The summed E-state index contributed by atoms with van der Waals surface area (Å²) >= 11 is 0. The van der Waals surface area contributed by atoms with Crippen molar-refractivity contribution in [2.24, 2.45) is 0 Å². The smallest absolute Gasteiger partial charge is 0.319 e. The third kappa shape index (κ3) is 5.54. The van der Waals surface area contributed by atoms with E-state index in [2.05, 4.69) is 42.3 Å². The molecule has 0 saturated carbocycles. The average molecular weight is 358 g/mol. The summed E-state index contributed by atoms with van der Waals surface area (Å²) in [5.74, 6) is 0. The van der Waals surface area contributed by atoms with E-state index < -0.39 is 0 Å². The normalized spacial score (nSPS) is 14.3. The van der Waals surface area contributed by atoms with E-state index >= 15 is 0 Å². The molecule has 0 bridgehead atoms. The molecule has 2 amide bonds. The van der Waals surface area contributed by atoms with Crippen LogP contribution in [0.1, 0.15) is 11.1 Å². The topological polar surface area (TPSA) is 54.0 Å². The van der Waals surface area contributed by atoms with Crippen molar-refractivity contribution in [3.63, 3.8) is 0 Å². The summed E-state index contributed by atoms with van der Waals surface area (Å²) in [5, 5.41) is 2.78. The zero-order chi connectivity index (χ0) is 16.7. The minimum atomic E-state index is -0.0666. The number of aryl methyl sites for hydroxylation is 1. The van der Waals surface area contributed by atoms with Gasteiger partial charge in [-0.25, -0.2) is 4.79 Å². The van der Waals surface area contributed by atoms with Crippen molar-refractivity contribution in [3.05, 3.63) is 29.3 Å². The molecule has 1 saturated heterocycles. The lowest BCUT2D eigenvalue weighted by Gasteiger charge is -2.37. The monoisotopic (exact) mass is 357 g/mol. The SMILES string of the molecule is COCCOCNC(=O)N1CCN(c2cccc(C)c2C)CC1.Cl. The average Bonchev–Trinajstić information content (AvgIpc) is 2.57. The molecule has 1 aromatic rings. The van der Waals surface area contributed by atoms with Gasteiger partial charge in [0.05, 0.1) is 13.2 Å². The predicted octanol–water partition coefficient (Wildman–Crippen LogP) is 2.18.